The van der Waals surface area contributed by atoms with Gasteiger partial charge in [0.15, 0.2) is 0 Å². The molecule has 0 saturated heterocycles. The third-order valence-corrected chi connectivity index (χ3v) is 3.97. The van der Waals surface area contributed by atoms with Gasteiger partial charge in [-0.25, -0.2) is 0 Å². The van der Waals surface area contributed by atoms with E-state index in [2.05, 4.69) is 23.5 Å². The summed E-state index contributed by atoms with van der Waals surface area (Å²) in [5.74, 6) is 0.234. The maximum absolute atomic E-state index is 9.89. The second-order valence-electron chi connectivity index (χ2n) is 5.41. The normalized spacial score (nSPS) is 14.8. The highest BCUT2D eigenvalue weighted by atomic mass is 16.3. The molecule has 3 rings (SSSR count). The SMILES string of the molecule is CC(Nc1ccc2c(c1)CCC2)c1c(O)cccc1O. The van der Waals surface area contributed by atoms with Gasteiger partial charge in [0.1, 0.15) is 11.5 Å². The number of aromatic hydroxyl groups is 2. The summed E-state index contributed by atoms with van der Waals surface area (Å²) < 4.78 is 0. The summed E-state index contributed by atoms with van der Waals surface area (Å²) in [4.78, 5) is 0. The average molecular weight is 269 g/mol. The van der Waals surface area contributed by atoms with Gasteiger partial charge in [-0.3, -0.25) is 0 Å². The lowest BCUT2D eigenvalue weighted by Crippen LogP contribution is -2.07. The van der Waals surface area contributed by atoms with Gasteiger partial charge in [-0.1, -0.05) is 12.1 Å². The topological polar surface area (TPSA) is 52.5 Å². The van der Waals surface area contributed by atoms with Gasteiger partial charge in [-0.2, -0.15) is 0 Å². The summed E-state index contributed by atoms with van der Waals surface area (Å²) >= 11 is 0. The fraction of sp³-hybridized carbons (Fsp3) is 0.294. The van der Waals surface area contributed by atoms with Crippen molar-refractivity contribution in [3.05, 3.63) is 53.1 Å². The van der Waals surface area contributed by atoms with Crippen LogP contribution >= 0.6 is 0 Å². The molecule has 0 bridgehead atoms. The molecule has 20 heavy (non-hydrogen) atoms. The highest BCUT2D eigenvalue weighted by Gasteiger charge is 2.16. The van der Waals surface area contributed by atoms with E-state index < -0.39 is 0 Å². The van der Waals surface area contributed by atoms with E-state index in [9.17, 15) is 10.2 Å². The predicted octanol–water partition coefficient (Wildman–Crippen LogP) is 3.76. The van der Waals surface area contributed by atoms with Crippen LogP contribution in [0.25, 0.3) is 0 Å². The van der Waals surface area contributed by atoms with Crippen LogP contribution in [0.4, 0.5) is 5.69 Å². The van der Waals surface area contributed by atoms with E-state index >= 15 is 0 Å². The first-order valence-corrected chi connectivity index (χ1v) is 7.04. The molecule has 0 spiro atoms. The quantitative estimate of drug-likeness (QED) is 0.795. The third kappa shape index (κ3) is 2.31. The molecule has 0 fully saturated rings. The van der Waals surface area contributed by atoms with Gasteiger partial charge in [-0.15, -0.1) is 0 Å². The largest absolute Gasteiger partial charge is 0.507 e. The van der Waals surface area contributed by atoms with E-state index in [-0.39, 0.29) is 17.5 Å². The number of benzene rings is 2. The molecule has 1 unspecified atom stereocenters. The van der Waals surface area contributed by atoms with Gasteiger partial charge in [0.05, 0.1) is 11.6 Å². The van der Waals surface area contributed by atoms with Gasteiger partial charge in [-0.05, 0) is 61.6 Å². The van der Waals surface area contributed by atoms with Crippen molar-refractivity contribution in [3.8, 4) is 11.5 Å². The zero-order chi connectivity index (χ0) is 14.1. The third-order valence-electron chi connectivity index (χ3n) is 3.97. The smallest absolute Gasteiger partial charge is 0.124 e. The maximum Gasteiger partial charge on any atom is 0.124 e. The van der Waals surface area contributed by atoms with Crippen LogP contribution in [-0.2, 0) is 12.8 Å². The van der Waals surface area contributed by atoms with Crippen LogP contribution < -0.4 is 5.32 Å². The number of fused-ring (bicyclic) bond motifs is 1. The zero-order valence-corrected chi connectivity index (χ0v) is 11.6. The number of hydrogen-bond donors (Lipinski definition) is 3. The molecule has 0 saturated carbocycles. The number of nitrogens with one attached hydrogen (secondary N) is 1. The Labute approximate surface area is 118 Å². The zero-order valence-electron chi connectivity index (χ0n) is 11.6. The molecule has 0 heterocycles. The molecule has 0 amide bonds. The van der Waals surface area contributed by atoms with Gasteiger partial charge in [0.2, 0.25) is 0 Å². The fourth-order valence-electron chi connectivity index (χ4n) is 2.97. The molecule has 0 aromatic heterocycles. The van der Waals surface area contributed by atoms with E-state index in [0.29, 0.717) is 5.56 Å². The molecule has 3 N–H and O–H groups in total. The lowest BCUT2D eigenvalue weighted by molar-refractivity contribution is 0.434. The van der Waals surface area contributed by atoms with Crippen LogP contribution in [0, 0.1) is 0 Å². The molecule has 3 nitrogen and oxygen atoms in total. The Morgan fingerprint density at radius 3 is 2.45 bits per heavy atom. The van der Waals surface area contributed by atoms with Crippen LogP contribution in [0.5, 0.6) is 11.5 Å². The summed E-state index contributed by atoms with van der Waals surface area (Å²) in [6.45, 7) is 1.93. The van der Waals surface area contributed by atoms with E-state index in [4.69, 9.17) is 0 Å². The van der Waals surface area contributed by atoms with E-state index in [1.54, 1.807) is 18.2 Å². The molecule has 1 atom stereocenters. The summed E-state index contributed by atoms with van der Waals surface area (Å²) in [6, 6.07) is 11.1. The Bertz CT molecular complexity index is 617. The summed E-state index contributed by atoms with van der Waals surface area (Å²) in [7, 11) is 0. The predicted molar refractivity (Wildman–Crippen MR) is 80.3 cm³/mol. The number of aryl methyl sites for hydroxylation is 2. The monoisotopic (exact) mass is 269 g/mol. The highest BCUT2D eigenvalue weighted by molar-refractivity contribution is 5.54. The summed E-state index contributed by atoms with van der Waals surface area (Å²) in [5.41, 5.74) is 4.41. The van der Waals surface area contributed by atoms with Crippen LogP contribution in [0.15, 0.2) is 36.4 Å². The Morgan fingerprint density at radius 2 is 1.70 bits per heavy atom. The molecule has 1 aliphatic rings. The second-order valence-corrected chi connectivity index (χ2v) is 5.41. The Morgan fingerprint density at radius 1 is 1.00 bits per heavy atom. The summed E-state index contributed by atoms with van der Waals surface area (Å²) in [6.07, 6.45) is 3.54. The first kappa shape index (κ1) is 12.9. The number of hydrogen-bond acceptors (Lipinski definition) is 3. The standard InChI is InChI=1S/C17H19NO2/c1-11(17-15(19)6-3-7-16(17)20)18-14-9-8-12-4-2-5-13(12)10-14/h3,6-11,18-20H,2,4-5H2,1H3. The van der Waals surface area contributed by atoms with E-state index in [0.717, 1.165) is 12.1 Å². The molecule has 2 aromatic carbocycles. The summed E-state index contributed by atoms with van der Waals surface area (Å²) in [5, 5.41) is 23.1. The lowest BCUT2D eigenvalue weighted by Gasteiger charge is -2.18. The van der Waals surface area contributed by atoms with E-state index in [1.807, 2.05) is 6.92 Å². The molecular weight excluding hydrogens is 250 g/mol. The van der Waals surface area contributed by atoms with Crippen molar-refractivity contribution in [2.45, 2.75) is 32.2 Å². The fourth-order valence-corrected chi connectivity index (χ4v) is 2.97. The minimum atomic E-state index is -0.157. The second kappa shape index (κ2) is 5.08. The van der Waals surface area contributed by atoms with Crippen molar-refractivity contribution < 1.29 is 10.2 Å². The number of rotatable bonds is 3. The molecule has 104 valence electrons. The molecule has 1 aliphatic carbocycles. The van der Waals surface area contributed by atoms with Crippen molar-refractivity contribution in [1.82, 2.24) is 0 Å². The Kier molecular flexibility index (Phi) is 3.26. The molecule has 2 aromatic rings. The van der Waals surface area contributed by atoms with Crippen LogP contribution in [0.3, 0.4) is 0 Å². The van der Waals surface area contributed by atoms with E-state index in [1.165, 1.54) is 24.0 Å². The van der Waals surface area contributed by atoms with Gasteiger partial charge in [0.25, 0.3) is 0 Å². The van der Waals surface area contributed by atoms with Gasteiger partial charge >= 0.3 is 0 Å². The minimum absolute atomic E-state index is 0.117. The lowest BCUT2D eigenvalue weighted by atomic mass is 10.0. The van der Waals surface area contributed by atoms with Crippen molar-refractivity contribution in [2.75, 3.05) is 5.32 Å². The van der Waals surface area contributed by atoms with Crippen molar-refractivity contribution in [2.24, 2.45) is 0 Å². The minimum Gasteiger partial charge on any atom is -0.507 e. The van der Waals surface area contributed by atoms with Gasteiger partial charge in [0, 0.05) is 5.69 Å². The average Bonchev–Trinajstić information content (AvgIpc) is 2.85. The first-order valence-electron chi connectivity index (χ1n) is 7.04. The van der Waals surface area contributed by atoms with Crippen molar-refractivity contribution >= 4 is 5.69 Å². The molecule has 0 radical (unpaired) electrons. The van der Waals surface area contributed by atoms with Crippen molar-refractivity contribution in [1.29, 1.82) is 0 Å². The number of phenols is 2. The van der Waals surface area contributed by atoms with Crippen LogP contribution in [0.2, 0.25) is 0 Å². The molecule has 3 heteroatoms. The highest BCUT2D eigenvalue weighted by Crippen LogP contribution is 2.34. The Balaban J connectivity index is 1.84. The Hall–Kier alpha value is -2.16. The van der Waals surface area contributed by atoms with Crippen LogP contribution in [0.1, 0.15) is 36.1 Å². The van der Waals surface area contributed by atoms with Crippen LogP contribution in [-0.4, -0.2) is 10.2 Å². The molecule has 0 aliphatic heterocycles. The molecular formula is C17H19NO2. The first-order chi connectivity index (χ1) is 9.65. The van der Waals surface area contributed by atoms with Gasteiger partial charge < -0.3 is 15.5 Å². The number of phenolic OH excluding ortho intramolecular Hbond substituents is 2. The van der Waals surface area contributed by atoms with Crippen molar-refractivity contribution in [3.63, 3.8) is 0 Å². The number of anilines is 1. The maximum atomic E-state index is 9.89.